The van der Waals surface area contributed by atoms with Gasteiger partial charge in [0.1, 0.15) is 16.5 Å². The second-order valence-corrected chi connectivity index (χ2v) is 7.05. The zero-order valence-corrected chi connectivity index (χ0v) is 12.8. The number of aryl methyl sites for hydroxylation is 2. The minimum absolute atomic E-state index is 0.127. The zero-order chi connectivity index (χ0) is 14.1. The molecular formula is C14H16N4OS. The van der Waals surface area contributed by atoms with E-state index in [0.29, 0.717) is 6.61 Å². The summed E-state index contributed by atoms with van der Waals surface area (Å²) in [5.41, 5.74) is 2.14. The van der Waals surface area contributed by atoms with Crippen LogP contribution in [0.15, 0.2) is 0 Å². The molecule has 0 amide bonds. The van der Waals surface area contributed by atoms with Gasteiger partial charge in [-0.3, -0.25) is 0 Å². The monoisotopic (exact) mass is 288 g/mol. The Balaban J connectivity index is 2.13. The second-order valence-electron chi connectivity index (χ2n) is 5.96. The normalized spacial score (nSPS) is 17.8. The molecule has 0 N–H and O–H groups in total. The van der Waals surface area contributed by atoms with Crippen LogP contribution in [0.1, 0.15) is 35.9 Å². The van der Waals surface area contributed by atoms with Crippen molar-refractivity contribution in [1.29, 1.82) is 0 Å². The summed E-state index contributed by atoms with van der Waals surface area (Å²) in [6, 6.07) is 0. The average molecular weight is 288 g/mol. The summed E-state index contributed by atoms with van der Waals surface area (Å²) < 4.78 is 7.76. The van der Waals surface area contributed by atoms with Gasteiger partial charge < -0.3 is 4.74 Å². The Bertz CT molecular complexity index is 846. The largest absolute Gasteiger partial charge is 0.370 e. The lowest BCUT2D eigenvalue weighted by atomic mass is 9.94. The first-order chi connectivity index (χ1) is 9.44. The molecule has 3 aromatic heterocycles. The number of fused-ring (bicyclic) bond motifs is 5. The lowest BCUT2D eigenvalue weighted by Crippen LogP contribution is -2.31. The summed E-state index contributed by atoms with van der Waals surface area (Å²) in [6.45, 7) is 8.83. The molecule has 0 fully saturated rings. The smallest absolute Gasteiger partial charge is 0.168 e. The van der Waals surface area contributed by atoms with Crippen molar-refractivity contribution in [2.75, 3.05) is 0 Å². The summed E-state index contributed by atoms with van der Waals surface area (Å²) in [5, 5.41) is 5.60. The van der Waals surface area contributed by atoms with Crippen LogP contribution in [0.2, 0.25) is 0 Å². The van der Waals surface area contributed by atoms with Crippen molar-refractivity contribution in [3.05, 3.63) is 22.1 Å². The van der Waals surface area contributed by atoms with Gasteiger partial charge in [0.25, 0.3) is 0 Å². The van der Waals surface area contributed by atoms with Crippen molar-refractivity contribution in [1.82, 2.24) is 19.6 Å². The fourth-order valence-corrected chi connectivity index (χ4v) is 3.99. The maximum absolute atomic E-state index is 5.91. The van der Waals surface area contributed by atoms with E-state index in [9.17, 15) is 0 Å². The maximum Gasteiger partial charge on any atom is 0.168 e. The van der Waals surface area contributed by atoms with E-state index in [1.165, 1.54) is 10.4 Å². The molecule has 0 bridgehead atoms. The first kappa shape index (κ1) is 12.2. The molecule has 0 aromatic carbocycles. The zero-order valence-electron chi connectivity index (χ0n) is 12.0. The Morgan fingerprint density at radius 1 is 1.25 bits per heavy atom. The number of ether oxygens (including phenoxy) is 1. The average Bonchev–Trinajstić information content (AvgIpc) is 2.88. The number of hydrogen-bond acceptors (Lipinski definition) is 5. The fraction of sp³-hybridized carbons (Fsp3) is 0.500. The van der Waals surface area contributed by atoms with E-state index in [1.54, 1.807) is 11.3 Å². The highest BCUT2D eigenvalue weighted by atomic mass is 32.1. The number of rotatable bonds is 0. The molecule has 1 aliphatic heterocycles. The summed E-state index contributed by atoms with van der Waals surface area (Å²) in [5.74, 6) is 1.67. The Kier molecular flexibility index (Phi) is 2.30. The first-order valence-electron chi connectivity index (χ1n) is 6.73. The minimum Gasteiger partial charge on any atom is -0.370 e. The Morgan fingerprint density at radius 3 is 2.85 bits per heavy atom. The number of nitrogens with zero attached hydrogens (tertiary/aromatic N) is 4. The van der Waals surface area contributed by atoms with Crippen LogP contribution < -0.4 is 0 Å². The minimum atomic E-state index is -0.127. The van der Waals surface area contributed by atoms with Crippen LogP contribution in [0.3, 0.4) is 0 Å². The molecule has 0 unspecified atom stereocenters. The molecule has 0 saturated carbocycles. The van der Waals surface area contributed by atoms with E-state index < -0.39 is 0 Å². The molecule has 3 aromatic rings. The van der Waals surface area contributed by atoms with Gasteiger partial charge in [-0.15, -0.1) is 16.4 Å². The van der Waals surface area contributed by atoms with Crippen LogP contribution in [0, 0.1) is 13.8 Å². The van der Waals surface area contributed by atoms with Gasteiger partial charge in [-0.2, -0.15) is 4.52 Å². The van der Waals surface area contributed by atoms with Crippen molar-refractivity contribution in [2.45, 2.75) is 46.3 Å². The van der Waals surface area contributed by atoms with E-state index >= 15 is 0 Å². The van der Waals surface area contributed by atoms with Crippen LogP contribution >= 0.6 is 11.3 Å². The summed E-state index contributed by atoms with van der Waals surface area (Å²) in [6.07, 6.45) is 0.897. The highest BCUT2D eigenvalue weighted by molar-refractivity contribution is 7.19. The van der Waals surface area contributed by atoms with Crippen molar-refractivity contribution in [3.8, 4) is 0 Å². The first-order valence-corrected chi connectivity index (χ1v) is 7.54. The Labute approximate surface area is 120 Å². The third kappa shape index (κ3) is 1.61. The molecule has 4 rings (SSSR count). The molecule has 104 valence electrons. The van der Waals surface area contributed by atoms with E-state index in [1.807, 2.05) is 18.4 Å². The summed E-state index contributed by atoms with van der Waals surface area (Å²) >= 11 is 1.72. The van der Waals surface area contributed by atoms with E-state index in [2.05, 4.69) is 23.9 Å². The second kappa shape index (κ2) is 3.77. The molecule has 20 heavy (non-hydrogen) atoms. The standard InChI is InChI=1S/C14H16N4OS/c1-7-15-12-11-9-5-14(3,4)19-6-10(9)20-13(11)16-8(2)18(12)17-7/h5-6H2,1-4H3. The van der Waals surface area contributed by atoms with Gasteiger partial charge in [-0.05, 0) is 33.3 Å². The molecule has 5 nitrogen and oxygen atoms in total. The van der Waals surface area contributed by atoms with Gasteiger partial charge in [0.15, 0.2) is 5.65 Å². The summed E-state index contributed by atoms with van der Waals surface area (Å²) in [7, 11) is 0. The van der Waals surface area contributed by atoms with E-state index in [4.69, 9.17) is 9.72 Å². The van der Waals surface area contributed by atoms with Crippen LogP contribution in [-0.4, -0.2) is 25.2 Å². The SMILES string of the molecule is Cc1nc2c3c4c(sc3nc(C)n2n1)COC(C)(C)C4. The van der Waals surface area contributed by atoms with Crippen LogP contribution in [0.5, 0.6) is 0 Å². The lowest BCUT2D eigenvalue weighted by Gasteiger charge is -2.30. The highest BCUT2D eigenvalue weighted by Gasteiger charge is 2.31. The number of hydrogen-bond donors (Lipinski definition) is 0. The van der Waals surface area contributed by atoms with Gasteiger partial charge >= 0.3 is 0 Å². The molecule has 1 aliphatic rings. The molecule has 0 atom stereocenters. The number of aromatic nitrogens is 4. The predicted molar refractivity (Wildman–Crippen MR) is 78.2 cm³/mol. The van der Waals surface area contributed by atoms with Crippen molar-refractivity contribution in [2.24, 2.45) is 0 Å². The molecule has 6 heteroatoms. The third-order valence-corrected chi connectivity index (χ3v) is 4.87. The molecule has 0 radical (unpaired) electrons. The van der Waals surface area contributed by atoms with Crippen LogP contribution in [0.25, 0.3) is 15.9 Å². The molecule has 0 spiro atoms. The van der Waals surface area contributed by atoms with Crippen LogP contribution in [-0.2, 0) is 17.8 Å². The lowest BCUT2D eigenvalue weighted by molar-refractivity contribution is -0.0379. The van der Waals surface area contributed by atoms with Gasteiger partial charge in [0.05, 0.1) is 17.6 Å². The topological polar surface area (TPSA) is 52.3 Å². The predicted octanol–water partition coefficient (Wildman–Crippen LogP) is 2.81. The van der Waals surface area contributed by atoms with Gasteiger partial charge in [-0.25, -0.2) is 9.97 Å². The van der Waals surface area contributed by atoms with Gasteiger partial charge in [0.2, 0.25) is 0 Å². The fourth-order valence-electron chi connectivity index (χ4n) is 2.85. The summed E-state index contributed by atoms with van der Waals surface area (Å²) in [4.78, 5) is 11.6. The van der Waals surface area contributed by atoms with Gasteiger partial charge in [0, 0.05) is 11.3 Å². The van der Waals surface area contributed by atoms with Gasteiger partial charge in [-0.1, -0.05) is 0 Å². The molecule has 0 saturated heterocycles. The van der Waals surface area contributed by atoms with Crippen LogP contribution in [0.4, 0.5) is 0 Å². The highest BCUT2D eigenvalue weighted by Crippen LogP contribution is 2.39. The number of thiophene rings is 1. The van der Waals surface area contributed by atoms with Crippen molar-refractivity contribution < 1.29 is 4.74 Å². The van der Waals surface area contributed by atoms with Crippen molar-refractivity contribution >= 4 is 27.2 Å². The molecule has 0 aliphatic carbocycles. The Hall–Kier alpha value is -1.53. The Morgan fingerprint density at radius 2 is 2.05 bits per heavy atom. The quantitative estimate of drug-likeness (QED) is 0.638. The molecule has 4 heterocycles. The van der Waals surface area contributed by atoms with Crippen molar-refractivity contribution in [3.63, 3.8) is 0 Å². The third-order valence-electron chi connectivity index (χ3n) is 3.78. The molecular weight excluding hydrogens is 272 g/mol. The van der Waals surface area contributed by atoms with E-state index in [-0.39, 0.29) is 5.60 Å². The van der Waals surface area contributed by atoms with E-state index in [0.717, 1.165) is 33.9 Å². The maximum atomic E-state index is 5.91.